The molecule has 0 spiro atoms. The second-order valence-electron chi connectivity index (χ2n) is 4.95. The Bertz CT molecular complexity index is 542. The molecule has 0 fully saturated rings. The molecule has 2 nitrogen and oxygen atoms in total. The van der Waals surface area contributed by atoms with Crippen molar-refractivity contribution in [3.8, 4) is 5.75 Å². The molecule has 0 saturated carbocycles. The first kappa shape index (κ1) is 15.0. The van der Waals surface area contributed by atoms with Gasteiger partial charge in [0.05, 0.1) is 0 Å². The van der Waals surface area contributed by atoms with Gasteiger partial charge in [0.1, 0.15) is 5.75 Å². The molecule has 1 aliphatic rings. The third-order valence-electron chi connectivity index (χ3n) is 3.14. The van der Waals surface area contributed by atoms with Gasteiger partial charge in [0.2, 0.25) is 0 Å². The summed E-state index contributed by atoms with van der Waals surface area (Å²) in [4.78, 5) is 2.24. The van der Waals surface area contributed by atoms with Crippen LogP contribution in [0.3, 0.4) is 0 Å². The third kappa shape index (κ3) is 3.57. The van der Waals surface area contributed by atoms with Crippen LogP contribution in [0.4, 0.5) is 5.69 Å². The molecule has 0 N–H and O–H groups in total. The van der Waals surface area contributed by atoms with Crippen molar-refractivity contribution in [2.75, 3.05) is 11.6 Å². The summed E-state index contributed by atoms with van der Waals surface area (Å²) in [5.74, 6) is 5.47. The Morgan fingerprint density at radius 3 is 2.40 bits per heavy atom. The summed E-state index contributed by atoms with van der Waals surface area (Å²) in [5, 5.41) is 0. The van der Waals surface area contributed by atoms with Gasteiger partial charge < -0.3 is 9.64 Å². The summed E-state index contributed by atoms with van der Waals surface area (Å²) in [5.41, 5.74) is 3.69. The third-order valence-corrected chi connectivity index (χ3v) is 3.14. The summed E-state index contributed by atoms with van der Waals surface area (Å²) in [6, 6.07) is 16.7. The number of ether oxygens (including phenoxy) is 1. The van der Waals surface area contributed by atoms with E-state index in [1.807, 2.05) is 6.07 Å². The molecule has 0 aliphatic carbocycles. The van der Waals surface area contributed by atoms with Gasteiger partial charge in [0.25, 0.3) is 0 Å². The fraction of sp³-hybridized carbons (Fsp3) is 0.294. The van der Waals surface area contributed by atoms with E-state index >= 15 is 0 Å². The minimum atomic E-state index is 0.627. The molecule has 3 heteroatoms. The van der Waals surface area contributed by atoms with Crippen LogP contribution in [0.15, 0.2) is 48.5 Å². The van der Waals surface area contributed by atoms with E-state index < -0.39 is 0 Å². The van der Waals surface area contributed by atoms with Crippen molar-refractivity contribution < 1.29 is 4.74 Å². The number of para-hydroxylation sites is 2. The fourth-order valence-electron chi connectivity index (χ4n) is 2.24. The van der Waals surface area contributed by atoms with Gasteiger partial charge >= 0.3 is 26.8 Å². The Kier molecular flexibility index (Phi) is 5.52. The Balaban J connectivity index is 0.000000452. The Morgan fingerprint density at radius 1 is 1.00 bits per heavy atom. The van der Waals surface area contributed by atoms with Crippen molar-refractivity contribution in [2.45, 2.75) is 25.0 Å². The maximum atomic E-state index is 5.85. The van der Waals surface area contributed by atoms with Crippen LogP contribution in [-0.4, -0.2) is 22.0 Å². The molecule has 102 valence electrons. The monoisotopic (exact) mass is 282 g/mol. The van der Waals surface area contributed by atoms with Crippen molar-refractivity contribution in [1.29, 1.82) is 0 Å². The summed E-state index contributed by atoms with van der Waals surface area (Å²) in [6.07, 6.45) is 0. The summed E-state index contributed by atoms with van der Waals surface area (Å²) in [7, 11) is 0. The number of rotatable bonds is 1. The van der Waals surface area contributed by atoms with E-state index in [9.17, 15) is 0 Å². The van der Waals surface area contributed by atoms with Crippen LogP contribution in [0.2, 0.25) is 11.6 Å². The molecule has 0 saturated heterocycles. The van der Waals surface area contributed by atoms with Crippen LogP contribution < -0.4 is 9.64 Å². The molecule has 1 heterocycles. The van der Waals surface area contributed by atoms with E-state index in [1.165, 1.54) is 16.8 Å². The van der Waals surface area contributed by atoms with Crippen molar-refractivity contribution in [3.63, 3.8) is 0 Å². The molecule has 1 aliphatic heterocycles. The first-order chi connectivity index (χ1) is 9.76. The average molecular weight is 282 g/mol. The number of fused-ring (bicyclic) bond motifs is 1. The molecule has 3 rings (SSSR count). The zero-order valence-electron chi connectivity index (χ0n) is 12.5. The number of anilines is 1. The van der Waals surface area contributed by atoms with E-state index in [1.54, 1.807) is 0 Å². The molecule has 0 bridgehead atoms. The van der Waals surface area contributed by atoms with Crippen molar-refractivity contribution >= 4 is 20.9 Å². The number of aryl methyl sites for hydroxylation is 1. The molecule has 0 aromatic heterocycles. The predicted molar refractivity (Wildman–Crippen MR) is 86.8 cm³/mol. The van der Waals surface area contributed by atoms with Crippen LogP contribution in [0, 0.1) is 6.92 Å². The molecule has 0 amide bonds. The van der Waals surface area contributed by atoms with Crippen LogP contribution in [0.5, 0.6) is 5.75 Å². The molecule has 0 radical (unpaired) electrons. The Morgan fingerprint density at radius 2 is 1.70 bits per heavy atom. The zero-order valence-corrected chi connectivity index (χ0v) is 13.6. The minimum absolute atomic E-state index is 0.627. The van der Waals surface area contributed by atoms with E-state index in [0.717, 1.165) is 27.5 Å². The Hall–Kier alpha value is -1.43. The topological polar surface area (TPSA) is 12.5 Å². The van der Waals surface area contributed by atoms with Crippen LogP contribution >= 0.6 is 0 Å². The molecular weight excluding hydrogens is 261 g/mol. The van der Waals surface area contributed by atoms with Gasteiger partial charge in [-0.1, -0.05) is 36.4 Å². The van der Waals surface area contributed by atoms with Gasteiger partial charge in [-0.25, -0.2) is 0 Å². The van der Waals surface area contributed by atoms with Gasteiger partial charge in [-0.15, -0.1) is 0 Å². The van der Waals surface area contributed by atoms with Gasteiger partial charge in [-0.05, 0) is 24.6 Å². The van der Waals surface area contributed by atoms with Crippen LogP contribution in [0.25, 0.3) is 0 Å². The molecule has 0 atom stereocenters. The SMILES string of the molecule is Cc1cccc2c1OCN(c1ccccc1)C2.[CH3][Al+][CH3]. The predicted octanol–water partition coefficient (Wildman–Crippen LogP) is 4.14. The second-order valence-corrected chi connectivity index (χ2v) is 6.10. The van der Waals surface area contributed by atoms with E-state index in [-0.39, 0.29) is 0 Å². The molecule has 0 unspecified atom stereocenters. The summed E-state index contributed by atoms with van der Waals surface area (Å²) < 4.78 is 5.85. The van der Waals surface area contributed by atoms with Crippen molar-refractivity contribution in [2.24, 2.45) is 0 Å². The summed E-state index contributed by atoms with van der Waals surface area (Å²) >= 11 is 0.750. The van der Waals surface area contributed by atoms with Gasteiger partial charge in [-0.2, -0.15) is 0 Å². The number of hydrogen-bond donors (Lipinski definition) is 0. The van der Waals surface area contributed by atoms with Crippen molar-refractivity contribution in [1.82, 2.24) is 0 Å². The number of nitrogens with zero attached hydrogens (tertiary/aromatic N) is 1. The quantitative estimate of drug-likeness (QED) is 0.729. The first-order valence-corrected chi connectivity index (χ1v) is 9.32. The van der Waals surface area contributed by atoms with Crippen LogP contribution in [-0.2, 0) is 6.54 Å². The van der Waals surface area contributed by atoms with Gasteiger partial charge in [-0.3, -0.25) is 0 Å². The molecular formula is C17H21AlNO+. The first-order valence-electron chi connectivity index (χ1n) is 7.01. The van der Waals surface area contributed by atoms with Gasteiger partial charge in [0, 0.05) is 17.8 Å². The number of hydrogen-bond acceptors (Lipinski definition) is 2. The fourth-order valence-corrected chi connectivity index (χ4v) is 2.24. The second kappa shape index (κ2) is 7.38. The Labute approximate surface area is 128 Å². The average Bonchev–Trinajstić information content (AvgIpc) is 2.49. The molecule has 2 aromatic carbocycles. The zero-order chi connectivity index (χ0) is 14.4. The number of benzene rings is 2. The maximum absolute atomic E-state index is 5.85. The van der Waals surface area contributed by atoms with Gasteiger partial charge in [0.15, 0.2) is 6.73 Å². The summed E-state index contributed by atoms with van der Waals surface area (Å²) in [6.45, 7) is 3.64. The van der Waals surface area contributed by atoms with E-state index in [4.69, 9.17) is 4.74 Å². The normalized spacial score (nSPS) is 12.4. The van der Waals surface area contributed by atoms with Crippen molar-refractivity contribution in [3.05, 3.63) is 59.7 Å². The molecule has 2 aromatic rings. The van der Waals surface area contributed by atoms with E-state index in [2.05, 4.69) is 65.9 Å². The molecule has 20 heavy (non-hydrogen) atoms. The van der Waals surface area contributed by atoms with E-state index in [0.29, 0.717) is 6.73 Å². The van der Waals surface area contributed by atoms with Crippen LogP contribution in [0.1, 0.15) is 11.1 Å². The standard InChI is InChI=1S/C15H15NO.2CH3.Al/c1-12-6-5-7-13-10-16(11-17-15(12)13)14-8-3-2-4-9-14;;;/h2-9H,10-11H2,1H3;2*1H3;/q;;;+1.